The number of carbonyl (C=O) groups excluding carboxylic acids is 1. The molecule has 0 aliphatic carbocycles. The van der Waals surface area contributed by atoms with Gasteiger partial charge in [-0.3, -0.25) is 4.79 Å². The Kier molecular flexibility index (Phi) is 5.49. The second-order valence-corrected chi connectivity index (χ2v) is 6.64. The molecule has 1 aromatic heterocycles. The van der Waals surface area contributed by atoms with Crippen molar-refractivity contribution in [1.29, 1.82) is 0 Å². The highest BCUT2D eigenvalue weighted by atomic mass is 16.1. The number of fused-ring (bicyclic) bond motifs is 1. The fraction of sp³-hybridized carbons (Fsp3) is 0.333. The van der Waals surface area contributed by atoms with E-state index in [1.54, 1.807) is 0 Å². The van der Waals surface area contributed by atoms with Crippen molar-refractivity contribution in [2.24, 2.45) is 5.92 Å². The largest absolute Gasteiger partial charge is 0.356 e. The number of carbonyl (C=O) groups is 1. The van der Waals surface area contributed by atoms with E-state index in [1.165, 1.54) is 5.56 Å². The van der Waals surface area contributed by atoms with Crippen molar-refractivity contribution >= 4 is 16.9 Å². The van der Waals surface area contributed by atoms with Crippen LogP contribution in [0.1, 0.15) is 31.7 Å². The van der Waals surface area contributed by atoms with Gasteiger partial charge in [0.05, 0.1) is 11.0 Å². The van der Waals surface area contributed by atoms with E-state index in [-0.39, 0.29) is 11.8 Å². The first-order chi connectivity index (χ1) is 12.1. The van der Waals surface area contributed by atoms with Crippen LogP contribution >= 0.6 is 0 Å². The molecule has 1 N–H and O–H groups in total. The van der Waals surface area contributed by atoms with Crippen molar-refractivity contribution in [3.63, 3.8) is 0 Å². The van der Waals surface area contributed by atoms with Crippen LogP contribution in [0.4, 0.5) is 0 Å². The molecule has 0 saturated heterocycles. The molecule has 4 heteroatoms. The third-order valence-corrected chi connectivity index (χ3v) is 4.32. The SMILES string of the molecule is CC(C)C(=O)NCCCc1nc2ccccc2n1Cc1ccccc1. The highest BCUT2D eigenvalue weighted by molar-refractivity contribution is 5.77. The average Bonchev–Trinajstić information content (AvgIpc) is 2.97. The molecular weight excluding hydrogens is 310 g/mol. The zero-order chi connectivity index (χ0) is 17.6. The molecule has 0 saturated carbocycles. The van der Waals surface area contributed by atoms with Crippen molar-refractivity contribution in [3.05, 3.63) is 66.0 Å². The maximum Gasteiger partial charge on any atom is 0.222 e. The van der Waals surface area contributed by atoms with E-state index >= 15 is 0 Å². The summed E-state index contributed by atoms with van der Waals surface area (Å²) in [7, 11) is 0. The molecular formula is C21H25N3O. The first-order valence-electron chi connectivity index (χ1n) is 8.91. The molecule has 0 bridgehead atoms. The molecule has 0 atom stereocenters. The molecule has 3 aromatic rings. The van der Waals surface area contributed by atoms with Gasteiger partial charge in [0.15, 0.2) is 0 Å². The van der Waals surface area contributed by atoms with E-state index in [1.807, 2.05) is 26.0 Å². The normalized spacial score (nSPS) is 11.2. The minimum absolute atomic E-state index is 0.0302. The molecule has 130 valence electrons. The van der Waals surface area contributed by atoms with Crippen LogP contribution in [0.3, 0.4) is 0 Å². The Morgan fingerprint density at radius 3 is 2.56 bits per heavy atom. The summed E-state index contributed by atoms with van der Waals surface area (Å²) in [5.41, 5.74) is 3.45. The molecule has 25 heavy (non-hydrogen) atoms. The van der Waals surface area contributed by atoms with Crippen LogP contribution in [-0.2, 0) is 17.8 Å². The summed E-state index contributed by atoms with van der Waals surface area (Å²) in [6.07, 6.45) is 1.73. The molecule has 4 nitrogen and oxygen atoms in total. The predicted octanol–water partition coefficient (Wildman–Crippen LogP) is 3.79. The number of nitrogens with one attached hydrogen (secondary N) is 1. The summed E-state index contributed by atoms with van der Waals surface area (Å²) in [6, 6.07) is 18.7. The van der Waals surface area contributed by atoms with Gasteiger partial charge in [-0.05, 0) is 24.1 Å². The smallest absolute Gasteiger partial charge is 0.222 e. The molecule has 1 amide bonds. The minimum atomic E-state index is 0.0302. The van der Waals surface area contributed by atoms with Crippen LogP contribution in [0.2, 0.25) is 0 Å². The zero-order valence-corrected chi connectivity index (χ0v) is 14.9. The third kappa shape index (κ3) is 4.27. The summed E-state index contributed by atoms with van der Waals surface area (Å²) in [6.45, 7) is 5.32. The van der Waals surface area contributed by atoms with Crippen LogP contribution in [0, 0.1) is 5.92 Å². The van der Waals surface area contributed by atoms with Crippen LogP contribution in [0.5, 0.6) is 0 Å². The Bertz CT molecular complexity index is 837. The van der Waals surface area contributed by atoms with Gasteiger partial charge in [-0.15, -0.1) is 0 Å². The first kappa shape index (κ1) is 17.2. The van der Waals surface area contributed by atoms with Gasteiger partial charge in [-0.25, -0.2) is 4.98 Å². The second-order valence-electron chi connectivity index (χ2n) is 6.64. The number of aromatic nitrogens is 2. The second kappa shape index (κ2) is 7.97. The summed E-state index contributed by atoms with van der Waals surface area (Å²) in [4.78, 5) is 16.5. The van der Waals surface area contributed by atoms with Gasteiger partial charge in [-0.2, -0.15) is 0 Å². The third-order valence-electron chi connectivity index (χ3n) is 4.32. The summed E-state index contributed by atoms with van der Waals surface area (Å²) in [5.74, 6) is 1.21. The summed E-state index contributed by atoms with van der Waals surface area (Å²) < 4.78 is 2.29. The zero-order valence-electron chi connectivity index (χ0n) is 14.9. The molecule has 0 aliphatic heterocycles. The van der Waals surface area contributed by atoms with Gasteiger partial charge in [0, 0.05) is 25.4 Å². The Morgan fingerprint density at radius 1 is 1.08 bits per heavy atom. The van der Waals surface area contributed by atoms with Crippen molar-refractivity contribution in [2.45, 2.75) is 33.2 Å². The maximum atomic E-state index is 11.7. The monoisotopic (exact) mass is 335 g/mol. The predicted molar refractivity (Wildman–Crippen MR) is 101 cm³/mol. The molecule has 1 heterocycles. The average molecular weight is 335 g/mol. The van der Waals surface area contributed by atoms with Crippen molar-refractivity contribution in [3.8, 4) is 0 Å². The first-order valence-corrected chi connectivity index (χ1v) is 8.91. The van der Waals surface area contributed by atoms with Gasteiger partial charge >= 0.3 is 0 Å². The van der Waals surface area contributed by atoms with Crippen LogP contribution in [-0.4, -0.2) is 22.0 Å². The molecule has 0 spiro atoms. The minimum Gasteiger partial charge on any atom is -0.356 e. The lowest BCUT2D eigenvalue weighted by molar-refractivity contribution is -0.123. The van der Waals surface area contributed by atoms with Gasteiger partial charge in [-0.1, -0.05) is 56.3 Å². The number of imidazole rings is 1. The number of hydrogen-bond donors (Lipinski definition) is 1. The van der Waals surface area contributed by atoms with Gasteiger partial charge in [0.2, 0.25) is 5.91 Å². The number of amides is 1. The standard InChI is InChI=1S/C21H25N3O/c1-16(2)21(25)22-14-8-13-20-23-18-11-6-7-12-19(18)24(20)15-17-9-4-3-5-10-17/h3-7,9-12,16H,8,13-15H2,1-2H3,(H,22,25). The highest BCUT2D eigenvalue weighted by Crippen LogP contribution is 2.19. The summed E-state index contributed by atoms with van der Waals surface area (Å²) in [5, 5.41) is 2.98. The topological polar surface area (TPSA) is 46.9 Å². The number of rotatable bonds is 7. The van der Waals surface area contributed by atoms with Crippen LogP contribution < -0.4 is 5.32 Å². The number of nitrogens with zero attached hydrogens (tertiary/aromatic N) is 2. The van der Waals surface area contributed by atoms with Gasteiger partial charge in [0.1, 0.15) is 5.82 Å². The molecule has 3 rings (SSSR count). The lowest BCUT2D eigenvalue weighted by Crippen LogP contribution is -2.28. The Labute approximate surface area is 148 Å². The molecule has 0 aliphatic rings. The maximum absolute atomic E-state index is 11.7. The molecule has 0 fully saturated rings. The molecule has 2 aromatic carbocycles. The van der Waals surface area contributed by atoms with Crippen molar-refractivity contribution in [2.75, 3.05) is 6.54 Å². The van der Waals surface area contributed by atoms with Gasteiger partial charge < -0.3 is 9.88 Å². The fourth-order valence-electron chi connectivity index (χ4n) is 2.92. The van der Waals surface area contributed by atoms with E-state index in [2.05, 4.69) is 52.3 Å². The number of para-hydroxylation sites is 2. The summed E-state index contributed by atoms with van der Waals surface area (Å²) >= 11 is 0. The van der Waals surface area contributed by atoms with Crippen molar-refractivity contribution in [1.82, 2.24) is 14.9 Å². The van der Waals surface area contributed by atoms with E-state index in [0.717, 1.165) is 36.2 Å². The lowest BCUT2D eigenvalue weighted by Gasteiger charge is -2.10. The highest BCUT2D eigenvalue weighted by Gasteiger charge is 2.11. The van der Waals surface area contributed by atoms with E-state index in [0.29, 0.717) is 6.54 Å². The molecule has 0 radical (unpaired) electrons. The fourth-order valence-corrected chi connectivity index (χ4v) is 2.92. The van der Waals surface area contributed by atoms with Gasteiger partial charge in [0.25, 0.3) is 0 Å². The quantitative estimate of drug-likeness (QED) is 0.668. The lowest BCUT2D eigenvalue weighted by atomic mass is 10.2. The van der Waals surface area contributed by atoms with E-state index < -0.39 is 0 Å². The van der Waals surface area contributed by atoms with E-state index in [9.17, 15) is 4.79 Å². The number of benzene rings is 2. The Hall–Kier alpha value is -2.62. The van der Waals surface area contributed by atoms with Crippen LogP contribution in [0.25, 0.3) is 11.0 Å². The van der Waals surface area contributed by atoms with Crippen LogP contribution in [0.15, 0.2) is 54.6 Å². The number of hydrogen-bond acceptors (Lipinski definition) is 2. The van der Waals surface area contributed by atoms with E-state index in [4.69, 9.17) is 4.98 Å². The Morgan fingerprint density at radius 2 is 1.80 bits per heavy atom. The van der Waals surface area contributed by atoms with Crippen molar-refractivity contribution < 1.29 is 4.79 Å². The number of aryl methyl sites for hydroxylation is 1. The molecule has 0 unspecified atom stereocenters. The Balaban J connectivity index is 1.75.